The van der Waals surface area contributed by atoms with Gasteiger partial charge in [0.15, 0.2) is 0 Å². The second kappa shape index (κ2) is 6.17. The summed E-state index contributed by atoms with van der Waals surface area (Å²) in [6, 6.07) is 20.3. The molecule has 2 fully saturated rings. The topological polar surface area (TPSA) is 32.3 Å². The molecular weight excluding hydrogens is 284 g/mol. The summed E-state index contributed by atoms with van der Waals surface area (Å²) in [6.07, 6.45) is 0. The van der Waals surface area contributed by atoms with Crippen molar-refractivity contribution in [3.63, 3.8) is 0 Å². The van der Waals surface area contributed by atoms with Gasteiger partial charge in [-0.3, -0.25) is 4.79 Å². The molecule has 2 heterocycles. The van der Waals surface area contributed by atoms with Crippen molar-refractivity contribution in [2.45, 2.75) is 5.92 Å². The molecule has 2 aliphatic heterocycles. The van der Waals surface area contributed by atoms with Crippen molar-refractivity contribution < 1.29 is 4.79 Å². The Morgan fingerprint density at radius 1 is 0.870 bits per heavy atom. The minimum absolute atomic E-state index is 0.191. The van der Waals surface area contributed by atoms with E-state index in [4.69, 9.17) is 0 Å². The Bertz CT molecular complexity index is 619. The van der Waals surface area contributed by atoms with Gasteiger partial charge in [0.25, 0.3) is 0 Å². The zero-order valence-corrected chi connectivity index (χ0v) is 13.2. The normalized spacial score (nSPS) is 23.3. The molecular formula is C20H22N2O. The molecule has 2 aliphatic rings. The summed E-state index contributed by atoms with van der Waals surface area (Å²) in [5, 5.41) is 3.44. The van der Waals surface area contributed by atoms with Gasteiger partial charge in [-0.05, 0) is 23.0 Å². The second-order valence-electron chi connectivity index (χ2n) is 6.68. The molecule has 3 heteroatoms. The highest BCUT2D eigenvalue weighted by atomic mass is 16.2. The van der Waals surface area contributed by atoms with Gasteiger partial charge in [0.05, 0.1) is 5.92 Å². The van der Waals surface area contributed by atoms with Crippen LogP contribution in [0.25, 0.3) is 0 Å². The highest BCUT2D eigenvalue weighted by Gasteiger charge is 2.40. The number of nitrogens with one attached hydrogen (secondary N) is 1. The third-order valence-corrected chi connectivity index (χ3v) is 5.21. The van der Waals surface area contributed by atoms with E-state index in [2.05, 4.69) is 34.5 Å². The summed E-state index contributed by atoms with van der Waals surface area (Å²) >= 11 is 0. The molecule has 23 heavy (non-hydrogen) atoms. The fourth-order valence-corrected chi connectivity index (χ4v) is 3.99. The van der Waals surface area contributed by atoms with E-state index in [1.165, 1.54) is 0 Å². The number of hydrogen-bond donors (Lipinski definition) is 1. The quantitative estimate of drug-likeness (QED) is 0.945. The maximum absolute atomic E-state index is 13.3. The smallest absolute Gasteiger partial charge is 0.234 e. The summed E-state index contributed by atoms with van der Waals surface area (Å²) in [7, 11) is 0. The van der Waals surface area contributed by atoms with E-state index < -0.39 is 0 Å². The summed E-state index contributed by atoms with van der Waals surface area (Å²) < 4.78 is 0. The Kier molecular flexibility index (Phi) is 3.88. The lowest BCUT2D eigenvalue weighted by atomic mass is 9.90. The fraction of sp³-hybridized carbons (Fsp3) is 0.350. The van der Waals surface area contributed by atoms with E-state index in [1.807, 2.05) is 36.4 Å². The van der Waals surface area contributed by atoms with Crippen molar-refractivity contribution in [3.8, 4) is 0 Å². The lowest BCUT2D eigenvalue weighted by Gasteiger charge is -2.25. The SMILES string of the molecule is O=C(C(c1ccccc1)c1ccccc1)N1C[C@H]2CNC[C@H]2C1. The van der Waals surface area contributed by atoms with Crippen molar-refractivity contribution >= 4 is 5.91 Å². The molecule has 0 aliphatic carbocycles. The molecule has 0 aromatic heterocycles. The number of amides is 1. The Hall–Kier alpha value is -2.13. The van der Waals surface area contributed by atoms with Crippen LogP contribution in [0.3, 0.4) is 0 Å². The average Bonchev–Trinajstić information content (AvgIpc) is 3.19. The van der Waals surface area contributed by atoms with Gasteiger partial charge in [-0.25, -0.2) is 0 Å². The van der Waals surface area contributed by atoms with Gasteiger partial charge in [0.1, 0.15) is 0 Å². The number of carbonyl (C=O) groups is 1. The van der Waals surface area contributed by atoms with Crippen LogP contribution in [0.4, 0.5) is 0 Å². The standard InChI is InChI=1S/C20H22N2O/c23-20(22-13-17-11-21-12-18(17)14-22)19(15-7-3-1-4-8-15)16-9-5-2-6-10-16/h1-10,17-19,21H,11-14H2/t17-,18+. The van der Waals surface area contributed by atoms with Crippen molar-refractivity contribution in [1.29, 1.82) is 0 Å². The first-order valence-corrected chi connectivity index (χ1v) is 8.42. The maximum atomic E-state index is 13.3. The molecule has 0 spiro atoms. The van der Waals surface area contributed by atoms with Crippen molar-refractivity contribution in [3.05, 3.63) is 71.8 Å². The van der Waals surface area contributed by atoms with E-state index in [1.54, 1.807) is 0 Å². The van der Waals surface area contributed by atoms with Gasteiger partial charge in [0.2, 0.25) is 5.91 Å². The van der Waals surface area contributed by atoms with Crippen molar-refractivity contribution in [2.24, 2.45) is 11.8 Å². The molecule has 0 unspecified atom stereocenters. The van der Waals surface area contributed by atoms with Gasteiger partial charge in [0, 0.05) is 26.2 Å². The zero-order valence-electron chi connectivity index (χ0n) is 13.2. The van der Waals surface area contributed by atoms with Crippen LogP contribution in [0, 0.1) is 11.8 Å². The zero-order chi connectivity index (χ0) is 15.6. The van der Waals surface area contributed by atoms with Crippen LogP contribution in [-0.2, 0) is 4.79 Å². The van der Waals surface area contributed by atoms with E-state index in [0.717, 1.165) is 37.3 Å². The number of benzene rings is 2. The number of likely N-dealkylation sites (tertiary alicyclic amines) is 1. The van der Waals surface area contributed by atoms with Crippen LogP contribution in [0.1, 0.15) is 17.0 Å². The predicted molar refractivity (Wildman–Crippen MR) is 91.2 cm³/mol. The van der Waals surface area contributed by atoms with Crippen LogP contribution in [0.2, 0.25) is 0 Å². The third kappa shape index (κ3) is 2.77. The first kappa shape index (κ1) is 14.5. The maximum Gasteiger partial charge on any atom is 0.234 e. The van der Waals surface area contributed by atoms with E-state index in [0.29, 0.717) is 11.8 Å². The monoisotopic (exact) mass is 306 g/mol. The molecule has 1 amide bonds. The Balaban J connectivity index is 1.64. The molecule has 2 atom stereocenters. The molecule has 0 radical (unpaired) electrons. The van der Waals surface area contributed by atoms with Gasteiger partial charge in [-0.1, -0.05) is 60.7 Å². The van der Waals surface area contributed by atoms with E-state index in [9.17, 15) is 4.79 Å². The molecule has 0 bridgehead atoms. The van der Waals surface area contributed by atoms with Crippen molar-refractivity contribution in [2.75, 3.05) is 26.2 Å². The number of rotatable bonds is 3. The van der Waals surface area contributed by atoms with Crippen LogP contribution < -0.4 is 5.32 Å². The van der Waals surface area contributed by atoms with Crippen LogP contribution in [0.5, 0.6) is 0 Å². The van der Waals surface area contributed by atoms with Crippen LogP contribution in [-0.4, -0.2) is 37.0 Å². The second-order valence-corrected chi connectivity index (χ2v) is 6.68. The van der Waals surface area contributed by atoms with E-state index >= 15 is 0 Å². The molecule has 1 N–H and O–H groups in total. The first-order chi connectivity index (χ1) is 11.3. The molecule has 2 aromatic carbocycles. The Labute approximate surface area is 137 Å². The average molecular weight is 306 g/mol. The van der Waals surface area contributed by atoms with Gasteiger partial charge < -0.3 is 10.2 Å². The molecule has 2 saturated heterocycles. The highest BCUT2D eigenvalue weighted by molar-refractivity contribution is 5.87. The minimum atomic E-state index is -0.191. The number of hydrogen-bond acceptors (Lipinski definition) is 2. The highest BCUT2D eigenvalue weighted by Crippen LogP contribution is 2.32. The summed E-state index contributed by atoms with van der Waals surface area (Å²) in [5.74, 6) is 1.32. The first-order valence-electron chi connectivity index (χ1n) is 8.42. The minimum Gasteiger partial charge on any atom is -0.341 e. The van der Waals surface area contributed by atoms with Gasteiger partial charge in [-0.2, -0.15) is 0 Å². The van der Waals surface area contributed by atoms with Gasteiger partial charge in [-0.15, -0.1) is 0 Å². The molecule has 118 valence electrons. The molecule has 4 rings (SSSR count). The lowest BCUT2D eigenvalue weighted by Crippen LogP contribution is -2.36. The number of carbonyl (C=O) groups excluding carboxylic acids is 1. The summed E-state index contributed by atoms with van der Waals surface area (Å²) in [4.78, 5) is 15.4. The number of fused-ring (bicyclic) bond motifs is 1. The van der Waals surface area contributed by atoms with Crippen LogP contribution in [0.15, 0.2) is 60.7 Å². The predicted octanol–water partition coefficient (Wildman–Crippen LogP) is 2.50. The largest absolute Gasteiger partial charge is 0.341 e. The molecule has 3 nitrogen and oxygen atoms in total. The van der Waals surface area contributed by atoms with Crippen molar-refractivity contribution in [1.82, 2.24) is 10.2 Å². The fourth-order valence-electron chi connectivity index (χ4n) is 3.99. The lowest BCUT2D eigenvalue weighted by molar-refractivity contribution is -0.131. The van der Waals surface area contributed by atoms with Gasteiger partial charge >= 0.3 is 0 Å². The molecule has 2 aromatic rings. The summed E-state index contributed by atoms with van der Waals surface area (Å²) in [5.41, 5.74) is 2.16. The number of nitrogens with zero attached hydrogens (tertiary/aromatic N) is 1. The van der Waals surface area contributed by atoms with E-state index in [-0.39, 0.29) is 11.8 Å². The molecule has 0 saturated carbocycles. The summed E-state index contributed by atoms with van der Waals surface area (Å²) in [6.45, 7) is 3.89. The Morgan fingerprint density at radius 3 is 1.83 bits per heavy atom. The Morgan fingerprint density at radius 2 is 1.35 bits per heavy atom. The van der Waals surface area contributed by atoms with Crippen LogP contribution >= 0.6 is 0 Å². The third-order valence-electron chi connectivity index (χ3n) is 5.21.